The molecule has 0 saturated carbocycles. The Balaban J connectivity index is 2.24. The van der Waals surface area contributed by atoms with Crippen molar-refractivity contribution in [1.29, 1.82) is 0 Å². The lowest BCUT2D eigenvalue weighted by molar-refractivity contribution is -0.138. The first-order chi connectivity index (χ1) is 7.70. The first kappa shape index (κ1) is 10.5. The molecule has 1 unspecified atom stereocenters. The number of hydrogen-bond donors (Lipinski definition) is 2. The number of rotatable bonds is 4. The van der Waals surface area contributed by atoms with E-state index in [0.29, 0.717) is 17.5 Å². The van der Waals surface area contributed by atoms with Crippen LogP contribution < -0.4 is 5.32 Å². The summed E-state index contributed by atoms with van der Waals surface area (Å²) >= 11 is 0. The molecule has 2 rings (SSSR count). The Hall–Kier alpha value is -2.04. The van der Waals surface area contributed by atoms with Crippen LogP contribution in [0.2, 0.25) is 0 Å². The van der Waals surface area contributed by atoms with E-state index in [0.717, 1.165) is 0 Å². The number of hydrogen-bond acceptors (Lipinski definition) is 4. The van der Waals surface area contributed by atoms with E-state index in [2.05, 4.69) is 10.3 Å². The van der Waals surface area contributed by atoms with Crippen LogP contribution in [-0.4, -0.2) is 22.1 Å². The fraction of sp³-hybridized carbons (Fsp3) is 0.273. The fourth-order valence-corrected chi connectivity index (χ4v) is 1.42. The molecule has 1 heterocycles. The van der Waals surface area contributed by atoms with Gasteiger partial charge in [0.05, 0.1) is 0 Å². The van der Waals surface area contributed by atoms with Crippen LogP contribution in [0.15, 0.2) is 28.7 Å². The van der Waals surface area contributed by atoms with Crippen molar-refractivity contribution in [2.45, 2.75) is 19.4 Å². The zero-order chi connectivity index (χ0) is 11.5. The number of fused-ring (bicyclic) bond motifs is 1. The van der Waals surface area contributed by atoms with Crippen LogP contribution in [0.4, 0.5) is 6.01 Å². The minimum Gasteiger partial charge on any atom is -0.480 e. The van der Waals surface area contributed by atoms with Gasteiger partial charge in [-0.3, -0.25) is 0 Å². The molecule has 0 radical (unpaired) electrons. The molecule has 5 heteroatoms. The Morgan fingerprint density at radius 2 is 2.31 bits per heavy atom. The van der Waals surface area contributed by atoms with Gasteiger partial charge in [0, 0.05) is 0 Å². The average Bonchev–Trinajstić information content (AvgIpc) is 2.67. The third-order valence-electron chi connectivity index (χ3n) is 2.30. The molecule has 2 N–H and O–H groups in total. The lowest BCUT2D eigenvalue weighted by Gasteiger charge is -2.08. The topological polar surface area (TPSA) is 75.4 Å². The van der Waals surface area contributed by atoms with Crippen LogP contribution in [0, 0.1) is 0 Å². The predicted octanol–water partition coefficient (Wildman–Crippen LogP) is 2.10. The van der Waals surface area contributed by atoms with Crippen molar-refractivity contribution in [3.8, 4) is 0 Å². The number of aliphatic carboxylic acids is 1. The summed E-state index contributed by atoms with van der Waals surface area (Å²) in [6.45, 7) is 1.79. The minimum atomic E-state index is -0.912. The lowest BCUT2D eigenvalue weighted by Crippen LogP contribution is -2.28. The Kier molecular flexibility index (Phi) is 2.76. The highest BCUT2D eigenvalue weighted by Crippen LogP contribution is 2.18. The third-order valence-corrected chi connectivity index (χ3v) is 2.30. The summed E-state index contributed by atoms with van der Waals surface area (Å²) in [6.07, 6.45) is 0.466. The summed E-state index contributed by atoms with van der Waals surface area (Å²) in [5.74, 6) is -0.912. The first-order valence-corrected chi connectivity index (χ1v) is 5.05. The number of aromatic nitrogens is 1. The van der Waals surface area contributed by atoms with Gasteiger partial charge in [-0.2, -0.15) is 4.98 Å². The van der Waals surface area contributed by atoms with E-state index in [1.165, 1.54) is 0 Å². The maximum absolute atomic E-state index is 10.8. The van der Waals surface area contributed by atoms with Crippen molar-refractivity contribution in [2.75, 3.05) is 5.32 Å². The monoisotopic (exact) mass is 220 g/mol. The number of nitrogens with one attached hydrogen (secondary N) is 1. The summed E-state index contributed by atoms with van der Waals surface area (Å²) < 4.78 is 5.36. The second-order valence-corrected chi connectivity index (χ2v) is 3.43. The average molecular weight is 220 g/mol. The van der Waals surface area contributed by atoms with E-state index in [1.807, 2.05) is 18.2 Å². The lowest BCUT2D eigenvalue weighted by atomic mass is 10.2. The number of carbonyl (C=O) groups is 1. The van der Waals surface area contributed by atoms with Crippen molar-refractivity contribution in [3.63, 3.8) is 0 Å². The molecular formula is C11H12N2O3. The maximum Gasteiger partial charge on any atom is 0.326 e. The van der Waals surface area contributed by atoms with Crippen LogP contribution in [0.1, 0.15) is 13.3 Å². The van der Waals surface area contributed by atoms with Gasteiger partial charge in [0.25, 0.3) is 6.01 Å². The van der Waals surface area contributed by atoms with Crippen LogP contribution in [0.5, 0.6) is 0 Å². The highest BCUT2D eigenvalue weighted by Gasteiger charge is 2.17. The van der Waals surface area contributed by atoms with Crippen molar-refractivity contribution in [2.24, 2.45) is 0 Å². The molecule has 1 aromatic carbocycles. The highest BCUT2D eigenvalue weighted by molar-refractivity contribution is 5.78. The van der Waals surface area contributed by atoms with Crippen LogP contribution in [0.3, 0.4) is 0 Å². The van der Waals surface area contributed by atoms with Gasteiger partial charge in [0.15, 0.2) is 5.58 Å². The maximum atomic E-state index is 10.8. The van der Waals surface area contributed by atoms with Crippen molar-refractivity contribution < 1.29 is 14.3 Å². The highest BCUT2D eigenvalue weighted by atomic mass is 16.4. The zero-order valence-corrected chi connectivity index (χ0v) is 8.80. The number of nitrogens with zero attached hydrogens (tertiary/aromatic N) is 1. The number of carboxylic acid groups (broad SMARTS) is 1. The molecule has 0 saturated heterocycles. The Bertz CT molecular complexity index is 474. The molecule has 16 heavy (non-hydrogen) atoms. The number of oxazole rings is 1. The van der Waals surface area contributed by atoms with Gasteiger partial charge in [-0.25, -0.2) is 4.79 Å². The standard InChI is InChI=1S/C11H12N2O3/c1-2-7(10(14)15)12-11-13-8-5-3-4-6-9(8)16-11/h3-7H,2H2,1H3,(H,12,13)(H,14,15). The fourth-order valence-electron chi connectivity index (χ4n) is 1.42. The van der Waals surface area contributed by atoms with E-state index in [-0.39, 0.29) is 6.01 Å². The molecule has 0 aliphatic rings. The van der Waals surface area contributed by atoms with E-state index >= 15 is 0 Å². The van der Waals surface area contributed by atoms with Gasteiger partial charge >= 0.3 is 5.97 Å². The second kappa shape index (κ2) is 4.22. The summed E-state index contributed by atoms with van der Waals surface area (Å²) in [5, 5.41) is 11.6. The molecule has 2 aromatic rings. The summed E-state index contributed by atoms with van der Waals surface area (Å²) in [5.41, 5.74) is 1.36. The SMILES string of the molecule is CCC(Nc1nc2ccccc2o1)C(=O)O. The smallest absolute Gasteiger partial charge is 0.326 e. The normalized spacial score (nSPS) is 12.6. The summed E-state index contributed by atoms with van der Waals surface area (Å²) in [4.78, 5) is 15.0. The number of anilines is 1. The van der Waals surface area contributed by atoms with Gasteiger partial charge in [0.2, 0.25) is 0 Å². The number of para-hydroxylation sites is 2. The van der Waals surface area contributed by atoms with Crippen LogP contribution in [-0.2, 0) is 4.79 Å². The molecule has 84 valence electrons. The Labute approximate surface area is 92.1 Å². The predicted molar refractivity (Wildman–Crippen MR) is 59.3 cm³/mol. The quantitative estimate of drug-likeness (QED) is 0.825. The van der Waals surface area contributed by atoms with E-state index in [4.69, 9.17) is 9.52 Å². The van der Waals surface area contributed by atoms with Crippen LogP contribution in [0.25, 0.3) is 11.1 Å². The van der Waals surface area contributed by atoms with E-state index in [9.17, 15) is 4.79 Å². The van der Waals surface area contributed by atoms with Crippen molar-refractivity contribution in [1.82, 2.24) is 4.98 Å². The molecule has 0 aliphatic carbocycles. The zero-order valence-electron chi connectivity index (χ0n) is 8.80. The molecular weight excluding hydrogens is 208 g/mol. The summed E-state index contributed by atoms with van der Waals surface area (Å²) in [6, 6.07) is 6.86. The van der Waals surface area contributed by atoms with Gasteiger partial charge in [-0.15, -0.1) is 0 Å². The van der Waals surface area contributed by atoms with Gasteiger partial charge in [-0.05, 0) is 18.6 Å². The van der Waals surface area contributed by atoms with E-state index < -0.39 is 12.0 Å². The van der Waals surface area contributed by atoms with Crippen molar-refractivity contribution in [3.05, 3.63) is 24.3 Å². The third kappa shape index (κ3) is 1.98. The van der Waals surface area contributed by atoms with Crippen LogP contribution >= 0.6 is 0 Å². The Morgan fingerprint density at radius 1 is 1.56 bits per heavy atom. The molecule has 0 spiro atoms. The molecule has 0 fully saturated rings. The molecule has 1 atom stereocenters. The van der Waals surface area contributed by atoms with Gasteiger partial charge in [0.1, 0.15) is 11.6 Å². The second-order valence-electron chi connectivity index (χ2n) is 3.43. The Morgan fingerprint density at radius 3 is 2.94 bits per heavy atom. The molecule has 5 nitrogen and oxygen atoms in total. The van der Waals surface area contributed by atoms with Gasteiger partial charge < -0.3 is 14.8 Å². The molecule has 0 bridgehead atoms. The van der Waals surface area contributed by atoms with Gasteiger partial charge in [-0.1, -0.05) is 19.1 Å². The molecule has 0 amide bonds. The first-order valence-electron chi connectivity index (χ1n) is 5.05. The molecule has 0 aliphatic heterocycles. The number of carboxylic acids is 1. The summed E-state index contributed by atoms with van der Waals surface area (Å²) in [7, 11) is 0. The van der Waals surface area contributed by atoms with Crippen molar-refractivity contribution >= 4 is 23.1 Å². The number of benzene rings is 1. The van der Waals surface area contributed by atoms with E-state index in [1.54, 1.807) is 13.0 Å². The largest absolute Gasteiger partial charge is 0.480 e. The minimum absolute atomic E-state index is 0.246. The molecule has 1 aromatic heterocycles.